The van der Waals surface area contributed by atoms with Crippen molar-refractivity contribution in [3.8, 4) is 0 Å². The minimum Gasteiger partial charge on any atom is -0.389 e. The first-order valence-electron chi connectivity index (χ1n) is 4.84. The van der Waals surface area contributed by atoms with Gasteiger partial charge in [0, 0.05) is 18.0 Å². The van der Waals surface area contributed by atoms with Gasteiger partial charge >= 0.3 is 5.51 Å². The van der Waals surface area contributed by atoms with Gasteiger partial charge in [-0.05, 0) is 23.9 Å². The fraction of sp³-hybridized carbons (Fsp3) is 0.300. The highest BCUT2D eigenvalue weighted by Gasteiger charge is 2.27. The molecule has 3 N–H and O–H groups in total. The summed E-state index contributed by atoms with van der Waals surface area (Å²) < 4.78 is 49.1. The van der Waals surface area contributed by atoms with Gasteiger partial charge in [0.25, 0.3) is 0 Å². The van der Waals surface area contributed by atoms with Crippen molar-refractivity contribution in [2.24, 2.45) is 5.73 Å². The van der Waals surface area contributed by atoms with Gasteiger partial charge in [0.1, 0.15) is 10.8 Å². The first-order chi connectivity index (χ1) is 8.31. The fourth-order valence-electron chi connectivity index (χ4n) is 1.27. The number of benzene rings is 1. The Morgan fingerprint density at radius 1 is 1.39 bits per heavy atom. The molecule has 100 valence electrons. The van der Waals surface area contributed by atoms with E-state index >= 15 is 0 Å². The molecule has 0 aliphatic rings. The smallest absolute Gasteiger partial charge is 0.389 e. The van der Waals surface area contributed by atoms with E-state index < -0.39 is 11.3 Å². The highest BCUT2D eigenvalue weighted by atomic mass is 32.2. The second-order valence-corrected chi connectivity index (χ2v) is 4.85. The Labute approximate surface area is 111 Å². The third-order valence-corrected chi connectivity index (χ3v) is 2.88. The molecular formula is C10H10F4N2S2. The van der Waals surface area contributed by atoms with E-state index in [1.807, 2.05) is 0 Å². The third kappa shape index (κ3) is 4.69. The van der Waals surface area contributed by atoms with Crippen LogP contribution in [-0.2, 0) is 0 Å². The summed E-state index contributed by atoms with van der Waals surface area (Å²) in [5, 5.41) is 2.68. The SMILES string of the molecule is NC(=S)c1c(F)cccc1NCCSC(F)(F)F. The molecule has 1 rings (SSSR count). The lowest BCUT2D eigenvalue weighted by atomic mass is 10.1. The Hall–Kier alpha value is -1.02. The van der Waals surface area contributed by atoms with Crippen LogP contribution in [-0.4, -0.2) is 22.8 Å². The summed E-state index contributed by atoms with van der Waals surface area (Å²) >= 11 is 4.54. The molecule has 2 nitrogen and oxygen atoms in total. The number of hydrogen-bond donors (Lipinski definition) is 2. The van der Waals surface area contributed by atoms with E-state index in [-0.39, 0.29) is 34.6 Å². The van der Waals surface area contributed by atoms with Crippen LogP contribution in [0.5, 0.6) is 0 Å². The summed E-state index contributed by atoms with van der Waals surface area (Å²) in [5.41, 5.74) is 1.40. The molecule has 0 aliphatic carbocycles. The van der Waals surface area contributed by atoms with Crippen molar-refractivity contribution in [2.45, 2.75) is 5.51 Å². The Bertz CT molecular complexity index is 434. The minimum atomic E-state index is -4.27. The van der Waals surface area contributed by atoms with E-state index in [9.17, 15) is 17.6 Å². The number of thiocarbonyl (C=S) groups is 1. The molecule has 0 atom stereocenters. The molecule has 0 saturated heterocycles. The van der Waals surface area contributed by atoms with E-state index in [0.717, 1.165) is 0 Å². The van der Waals surface area contributed by atoms with Gasteiger partial charge in [-0.1, -0.05) is 18.3 Å². The van der Waals surface area contributed by atoms with Crippen LogP contribution in [0.15, 0.2) is 18.2 Å². The second kappa shape index (κ2) is 6.24. The van der Waals surface area contributed by atoms with Gasteiger partial charge in [0.15, 0.2) is 0 Å². The van der Waals surface area contributed by atoms with Gasteiger partial charge in [-0.15, -0.1) is 0 Å². The molecule has 0 unspecified atom stereocenters. The van der Waals surface area contributed by atoms with Crippen molar-refractivity contribution in [3.63, 3.8) is 0 Å². The zero-order valence-electron chi connectivity index (χ0n) is 9.05. The number of alkyl halides is 3. The maximum absolute atomic E-state index is 13.4. The second-order valence-electron chi connectivity index (χ2n) is 3.25. The molecule has 0 aromatic heterocycles. The lowest BCUT2D eigenvalue weighted by Crippen LogP contribution is -2.17. The van der Waals surface area contributed by atoms with Crippen molar-refractivity contribution in [2.75, 3.05) is 17.6 Å². The van der Waals surface area contributed by atoms with Crippen LogP contribution in [0.2, 0.25) is 0 Å². The molecule has 1 aromatic carbocycles. The number of nitrogens with one attached hydrogen (secondary N) is 1. The van der Waals surface area contributed by atoms with E-state index in [1.54, 1.807) is 0 Å². The maximum Gasteiger partial charge on any atom is 0.441 e. The molecule has 18 heavy (non-hydrogen) atoms. The summed E-state index contributed by atoms with van der Waals surface area (Å²) in [6, 6.07) is 4.12. The van der Waals surface area contributed by atoms with Gasteiger partial charge in [-0.25, -0.2) is 4.39 Å². The van der Waals surface area contributed by atoms with Gasteiger partial charge in [0.2, 0.25) is 0 Å². The van der Waals surface area contributed by atoms with Crippen molar-refractivity contribution < 1.29 is 17.6 Å². The fourth-order valence-corrected chi connectivity index (χ4v) is 1.92. The van der Waals surface area contributed by atoms with Crippen LogP contribution in [0.1, 0.15) is 5.56 Å². The Morgan fingerprint density at radius 3 is 2.61 bits per heavy atom. The highest BCUT2D eigenvalue weighted by molar-refractivity contribution is 8.00. The molecule has 0 fully saturated rings. The van der Waals surface area contributed by atoms with Gasteiger partial charge in [-0.2, -0.15) is 13.2 Å². The topological polar surface area (TPSA) is 38.0 Å². The van der Waals surface area contributed by atoms with Crippen molar-refractivity contribution in [1.29, 1.82) is 0 Å². The predicted octanol–water partition coefficient (Wildman–Crippen LogP) is 3.12. The average molecular weight is 298 g/mol. The number of thioether (sulfide) groups is 1. The Morgan fingerprint density at radius 2 is 2.06 bits per heavy atom. The van der Waals surface area contributed by atoms with Crippen LogP contribution in [0, 0.1) is 5.82 Å². The lowest BCUT2D eigenvalue weighted by molar-refractivity contribution is -0.0327. The highest BCUT2D eigenvalue weighted by Crippen LogP contribution is 2.29. The number of halogens is 4. The molecule has 0 amide bonds. The van der Waals surface area contributed by atoms with Crippen LogP contribution in [0.3, 0.4) is 0 Å². The number of anilines is 1. The molecule has 0 aliphatic heterocycles. The predicted molar refractivity (Wildman–Crippen MR) is 69.3 cm³/mol. The summed E-state index contributed by atoms with van der Waals surface area (Å²) in [7, 11) is 0. The normalized spacial score (nSPS) is 11.3. The first kappa shape index (κ1) is 15.0. The zero-order valence-corrected chi connectivity index (χ0v) is 10.7. The largest absolute Gasteiger partial charge is 0.441 e. The minimum absolute atomic E-state index is 0.0181. The molecular weight excluding hydrogens is 288 g/mol. The molecule has 0 bridgehead atoms. The molecule has 1 aromatic rings. The van der Waals surface area contributed by atoms with Crippen LogP contribution >= 0.6 is 24.0 Å². The summed E-state index contributed by atoms with van der Waals surface area (Å²) in [4.78, 5) is -0.140. The van der Waals surface area contributed by atoms with Crippen molar-refractivity contribution >= 4 is 34.7 Å². The first-order valence-corrected chi connectivity index (χ1v) is 6.23. The van der Waals surface area contributed by atoms with E-state index in [1.165, 1.54) is 18.2 Å². The number of rotatable bonds is 5. The zero-order chi connectivity index (χ0) is 13.8. The monoisotopic (exact) mass is 298 g/mol. The molecule has 8 heteroatoms. The third-order valence-electron chi connectivity index (χ3n) is 1.94. The van der Waals surface area contributed by atoms with Crippen LogP contribution < -0.4 is 11.1 Å². The summed E-state index contributed by atoms with van der Waals surface area (Å²) in [5.74, 6) is -0.785. The Kier molecular flexibility index (Phi) is 5.21. The van der Waals surface area contributed by atoms with Crippen molar-refractivity contribution in [3.05, 3.63) is 29.6 Å². The summed E-state index contributed by atoms with van der Waals surface area (Å²) in [6.45, 7) is 0.0310. The van der Waals surface area contributed by atoms with Crippen molar-refractivity contribution in [1.82, 2.24) is 0 Å². The summed E-state index contributed by atoms with van der Waals surface area (Å²) in [6.07, 6.45) is 0. The van der Waals surface area contributed by atoms with Gasteiger partial charge in [-0.3, -0.25) is 0 Å². The van der Waals surface area contributed by atoms with E-state index in [4.69, 9.17) is 5.73 Å². The Balaban J connectivity index is 2.63. The van der Waals surface area contributed by atoms with E-state index in [0.29, 0.717) is 5.69 Å². The number of nitrogens with two attached hydrogens (primary N) is 1. The quantitative estimate of drug-likeness (QED) is 0.497. The number of hydrogen-bond acceptors (Lipinski definition) is 3. The molecule has 0 saturated carbocycles. The average Bonchev–Trinajstić information content (AvgIpc) is 2.22. The molecule has 0 heterocycles. The maximum atomic E-state index is 13.4. The van der Waals surface area contributed by atoms with Gasteiger partial charge < -0.3 is 11.1 Å². The molecule has 0 radical (unpaired) electrons. The molecule has 0 spiro atoms. The lowest BCUT2D eigenvalue weighted by Gasteiger charge is -2.12. The van der Waals surface area contributed by atoms with Crippen LogP contribution in [0.4, 0.5) is 23.2 Å². The van der Waals surface area contributed by atoms with Gasteiger partial charge in [0.05, 0.1) is 5.56 Å². The van der Waals surface area contributed by atoms with E-state index in [2.05, 4.69) is 17.5 Å². The standard InChI is InChI=1S/C10H10F4N2S2/c11-6-2-1-3-7(8(6)9(15)17)16-4-5-18-10(12,13)14/h1-3,16H,4-5H2,(H2,15,17). The van der Waals surface area contributed by atoms with Crippen LogP contribution in [0.25, 0.3) is 0 Å².